The van der Waals surface area contributed by atoms with Crippen LogP contribution in [0.15, 0.2) is 0 Å². The number of hydrogen-bond donors (Lipinski definition) is 2. The van der Waals surface area contributed by atoms with E-state index in [2.05, 4.69) is 15.4 Å². The number of carbonyl (C=O) groups excluding carboxylic acids is 2. The minimum absolute atomic E-state index is 0.0456. The third-order valence-electron chi connectivity index (χ3n) is 2.05. The zero-order valence-electron chi connectivity index (χ0n) is 10.2. The third-order valence-corrected chi connectivity index (χ3v) is 2.05. The summed E-state index contributed by atoms with van der Waals surface area (Å²) in [5.74, 6) is -0.181. The Balaban J connectivity index is 3.58. The molecule has 0 unspecified atom stereocenters. The first-order valence-electron chi connectivity index (χ1n) is 5.44. The minimum atomic E-state index is -0.181. The Kier molecular flexibility index (Phi) is 8.24. The number of carbonyl (C=O) groups is 2. The van der Waals surface area contributed by atoms with Gasteiger partial charge in [0, 0.05) is 33.3 Å². The lowest BCUT2D eigenvalue weighted by Crippen LogP contribution is -2.43. The van der Waals surface area contributed by atoms with Gasteiger partial charge >= 0.3 is 6.03 Å². The lowest BCUT2D eigenvalue weighted by molar-refractivity contribution is -0.124. The summed E-state index contributed by atoms with van der Waals surface area (Å²) < 4.78 is 4.65. The summed E-state index contributed by atoms with van der Waals surface area (Å²) in [6.45, 7) is 6.08. The van der Waals surface area contributed by atoms with Crippen LogP contribution in [0.5, 0.6) is 0 Å². The first kappa shape index (κ1) is 14.7. The monoisotopic (exact) mass is 231 g/mol. The Morgan fingerprint density at radius 1 is 1.12 bits per heavy atom. The molecule has 0 rings (SSSR count). The maximum Gasteiger partial charge on any atom is 0.317 e. The van der Waals surface area contributed by atoms with Crippen molar-refractivity contribution in [3.63, 3.8) is 0 Å². The highest BCUT2D eigenvalue weighted by Gasteiger charge is 2.07. The average Bonchev–Trinajstić information content (AvgIpc) is 2.26. The predicted molar refractivity (Wildman–Crippen MR) is 61.2 cm³/mol. The number of nitrogens with zero attached hydrogens (tertiary/aromatic N) is 1. The van der Waals surface area contributed by atoms with E-state index in [1.54, 1.807) is 4.90 Å². The molecule has 6 nitrogen and oxygen atoms in total. The second kappa shape index (κ2) is 8.96. The van der Waals surface area contributed by atoms with Gasteiger partial charge in [0.05, 0.1) is 0 Å². The van der Waals surface area contributed by atoms with Gasteiger partial charge in [-0.2, -0.15) is 0 Å². The van der Waals surface area contributed by atoms with Gasteiger partial charge in [0.1, 0.15) is 6.61 Å². The van der Waals surface area contributed by atoms with Crippen LogP contribution in [0.3, 0.4) is 0 Å². The molecule has 2 N–H and O–H groups in total. The number of hydrogen-bond acceptors (Lipinski definition) is 3. The summed E-state index contributed by atoms with van der Waals surface area (Å²) in [5.41, 5.74) is 0. The standard InChI is InChI=1S/C10H21N3O3/c1-4-13(5-2)10(15)12-7-6-11-9(14)8-16-3/h4-8H2,1-3H3,(H,11,14)(H,12,15). The maximum absolute atomic E-state index is 11.5. The van der Waals surface area contributed by atoms with Crippen molar-refractivity contribution in [2.75, 3.05) is 39.9 Å². The second-order valence-electron chi connectivity index (χ2n) is 3.19. The molecular weight excluding hydrogens is 210 g/mol. The molecular formula is C10H21N3O3. The second-order valence-corrected chi connectivity index (χ2v) is 3.19. The molecule has 0 saturated carbocycles. The van der Waals surface area contributed by atoms with Crippen LogP contribution in [0.1, 0.15) is 13.8 Å². The van der Waals surface area contributed by atoms with Gasteiger partial charge in [-0.15, -0.1) is 0 Å². The van der Waals surface area contributed by atoms with Crippen molar-refractivity contribution in [1.82, 2.24) is 15.5 Å². The number of ether oxygens (including phenoxy) is 1. The van der Waals surface area contributed by atoms with Crippen molar-refractivity contribution < 1.29 is 14.3 Å². The number of methoxy groups -OCH3 is 1. The maximum atomic E-state index is 11.5. The summed E-state index contributed by atoms with van der Waals surface area (Å²) in [6, 6.07) is -0.106. The van der Waals surface area contributed by atoms with Gasteiger partial charge in [-0.25, -0.2) is 4.79 Å². The van der Waals surface area contributed by atoms with E-state index in [1.807, 2.05) is 13.8 Å². The molecule has 0 aliphatic carbocycles. The summed E-state index contributed by atoms with van der Waals surface area (Å²) >= 11 is 0. The summed E-state index contributed by atoms with van der Waals surface area (Å²) in [7, 11) is 1.46. The van der Waals surface area contributed by atoms with Gasteiger partial charge in [0.2, 0.25) is 5.91 Å². The largest absolute Gasteiger partial charge is 0.375 e. The minimum Gasteiger partial charge on any atom is -0.375 e. The molecule has 0 fully saturated rings. The van der Waals surface area contributed by atoms with Gasteiger partial charge in [0.25, 0.3) is 0 Å². The lowest BCUT2D eigenvalue weighted by Gasteiger charge is -2.19. The van der Waals surface area contributed by atoms with E-state index in [4.69, 9.17) is 0 Å². The van der Waals surface area contributed by atoms with Crippen LogP contribution in [0.2, 0.25) is 0 Å². The van der Waals surface area contributed by atoms with Crippen LogP contribution in [0.4, 0.5) is 4.79 Å². The molecule has 0 aromatic carbocycles. The van der Waals surface area contributed by atoms with Gasteiger partial charge in [0.15, 0.2) is 0 Å². The Hall–Kier alpha value is -1.30. The Morgan fingerprint density at radius 3 is 2.19 bits per heavy atom. The number of urea groups is 1. The average molecular weight is 231 g/mol. The van der Waals surface area contributed by atoms with E-state index in [1.165, 1.54) is 7.11 Å². The molecule has 0 atom stereocenters. The molecule has 3 amide bonds. The van der Waals surface area contributed by atoms with Crippen LogP contribution in [0, 0.1) is 0 Å². The van der Waals surface area contributed by atoms with Crippen LogP contribution in [-0.4, -0.2) is 56.7 Å². The van der Waals surface area contributed by atoms with Gasteiger partial charge in [-0.1, -0.05) is 0 Å². The normalized spacial score (nSPS) is 9.69. The van der Waals surface area contributed by atoms with Crippen molar-refractivity contribution in [3.05, 3.63) is 0 Å². The van der Waals surface area contributed by atoms with E-state index in [0.29, 0.717) is 26.2 Å². The predicted octanol–water partition coefficient (Wildman–Crippen LogP) is -0.200. The molecule has 0 aromatic rings. The first-order chi connectivity index (χ1) is 7.65. The van der Waals surface area contributed by atoms with Crippen molar-refractivity contribution >= 4 is 11.9 Å². The highest BCUT2D eigenvalue weighted by atomic mass is 16.5. The molecule has 16 heavy (non-hydrogen) atoms. The fraction of sp³-hybridized carbons (Fsp3) is 0.800. The van der Waals surface area contributed by atoms with Crippen LogP contribution < -0.4 is 10.6 Å². The molecule has 0 heterocycles. The quantitative estimate of drug-likeness (QED) is 0.596. The Morgan fingerprint density at radius 2 is 1.69 bits per heavy atom. The Bertz CT molecular complexity index is 217. The molecule has 0 aliphatic rings. The van der Waals surface area contributed by atoms with Crippen molar-refractivity contribution in [2.45, 2.75) is 13.8 Å². The highest BCUT2D eigenvalue weighted by molar-refractivity contribution is 5.77. The van der Waals surface area contributed by atoms with Gasteiger partial charge in [-0.05, 0) is 13.8 Å². The van der Waals surface area contributed by atoms with E-state index in [0.717, 1.165) is 0 Å². The summed E-state index contributed by atoms with van der Waals surface area (Å²) in [5, 5.41) is 5.33. The fourth-order valence-corrected chi connectivity index (χ4v) is 1.18. The molecule has 0 saturated heterocycles. The van der Waals surface area contributed by atoms with Crippen molar-refractivity contribution in [3.8, 4) is 0 Å². The van der Waals surface area contributed by atoms with Gasteiger partial charge in [-0.3, -0.25) is 4.79 Å². The summed E-state index contributed by atoms with van der Waals surface area (Å²) in [4.78, 5) is 24.1. The molecule has 0 aliphatic heterocycles. The molecule has 6 heteroatoms. The molecule has 94 valence electrons. The highest BCUT2D eigenvalue weighted by Crippen LogP contribution is 1.86. The molecule has 0 aromatic heterocycles. The van der Waals surface area contributed by atoms with Crippen molar-refractivity contribution in [2.24, 2.45) is 0 Å². The smallest absolute Gasteiger partial charge is 0.317 e. The topological polar surface area (TPSA) is 70.7 Å². The van der Waals surface area contributed by atoms with Crippen LogP contribution in [0.25, 0.3) is 0 Å². The molecule has 0 spiro atoms. The SMILES string of the molecule is CCN(CC)C(=O)NCCNC(=O)COC. The van der Waals surface area contributed by atoms with Crippen LogP contribution >= 0.6 is 0 Å². The van der Waals surface area contributed by atoms with E-state index in [-0.39, 0.29) is 18.5 Å². The van der Waals surface area contributed by atoms with Crippen molar-refractivity contribution in [1.29, 1.82) is 0 Å². The zero-order valence-corrected chi connectivity index (χ0v) is 10.2. The van der Waals surface area contributed by atoms with Gasteiger partial charge < -0.3 is 20.3 Å². The molecule has 0 radical (unpaired) electrons. The third kappa shape index (κ3) is 6.23. The lowest BCUT2D eigenvalue weighted by atomic mass is 10.5. The van der Waals surface area contributed by atoms with E-state index in [9.17, 15) is 9.59 Å². The number of rotatable bonds is 7. The Labute approximate surface area is 96.3 Å². The first-order valence-corrected chi connectivity index (χ1v) is 5.44. The summed E-state index contributed by atoms with van der Waals surface area (Å²) in [6.07, 6.45) is 0. The van der Waals surface area contributed by atoms with E-state index < -0.39 is 0 Å². The molecule has 0 bridgehead atoms. The van der Waals surface area contributed by atoms with Crippen LogP contribution in [-0.2, 0) is 9.53 Å². The number of nitrogens with one attached hydrogen (secondary N) is 2. The fourth-order valence-electron chi connectivity index (χ4n) is 1.18. The number of amides is 3. The van der Waals surface area contributed by atoms with E-state index >= 15 is 0 Å². The zero-order chi connectivity index (χ0) is 12.4.